The molecular weight excluding hydrogens is 302 g/mol. The summed E-state index contributed by atoms with van der Waals surface area (Å²) in [5.74, 6) is 3.41. The molecule has 0 aromatic heterocycles. The van der Waals surface area contributed by atoms with E-state index in [9.17, 15) is 9.59 Å². The zero-order chi connectivity index (χ0) is 15.8. The minimum atomic E-state index is -0.0493. The first kappa shape index (κ1) is 17.0. The normalized spacial score (nSPS) is 26.0. The highest BCUT2D eigenvalue weighted by Gasteiger charge is 2.42. The average molecular weight is 325 g/mol. The number of terminal acetylenes is 1. The van der Waals surface area contributed by atoms with Gasteiger partial charge in [0.15, 0.2) is 0 Å². The van der Waals surface area contributed by atoms with E-state index in [1.54, 1.807) is 0 Å². The second-order valence-electron chi connectivity index (χ2n) is 5.47. The van der Waals surface area contributed by atoms with Crippen LogP contribution in [0.2, 0.25) is 0 Å². The fourth-order valence-corrected chi connectivity index (χ4v) is 4.30. The summed E-state index contributed by atoms with van der Waals surface area (Å²) in [6, 6.07) is 0.472. The Morgan fingerprint density at radius 1 is 1.45 bits per heavy atom. The maximum Gasteiger partial charge on any atom is 0.315 e. The van der Waals surface area contributed by atoms with Crippen molar-refractivity contribution >= 4 is 23.7 Å². The summed E-state index contributed by atoms with van der Waals surface area (Å²) >= 11 is 1.91. The summed E-state index contributed by atoms with van der Waals surface area (Å²) < 4.78 is 5.08. The van der Waals surface area contributed by atoms with Crippen molar-refractivity contribution in [3.05, 3.63) is 0 Å². The van der Waals surface area contributed by atoms with E-state index in [0.717, 1.165) is 25.0 Å². The molecule has 122 valence electrons. The van der Waals surface area contributed by atoms with Crippen molar-refractivity contribution in [1.82, 2.24) is 16.0 Å². The van der Waals surface area contributed by atoms with E-state index < -0.39 is 0 Å². The lowest BCUT2D eigenvalue weighted by Crippen LogP contribution is -2.36. The van der Waals surface area contributed by atoms with Crippen LogP contribution in [0.1, 0.15) is 25.7 Å². The Morgan fingerprint density at radius 3 is 3.14 bits per heavy atom. The first-order chi connectivity index (χ1) is 10.7. The van der Waals surface area contributed by atoms with E-state index >= 15 is 0 Å². The van der Waals surface area contributed by atoms with Crippen LogP contribution < -0.4 is 16.0 Å². The van der Waals surface area contributed by atoms with E-state index in [-0.39, 0.29) is 30.6 Å². The minimum Gasteiger partial charge on any atom is -0.367 e. The molecule has 3 N–H and O–H groups in total. The molecule has 22 heavy (non-hydrogen) atoms. The van der Waals surface area contributed by atoms with Crippen molar-refractivity contribution in [3.8, 4) is 12.3 Å². The molecule has 2 aliphatic heterocycles. The van der Waals surface area contributed by atoms with Crippen molar-refractivity contribution in [2.45, 2.75) is 43.0 Å². The van der Waals surface area contributed by atoms with Gasteiger partial charge in [-0.05, 0) is 12.8 Å². The maximum absolute atomic E-state index is 11.6. The van der Waals surface area contributed by atoms with E-state index in [1.807, 2.05) is 11.8 Å². The Hall–Kier alpha value is -1.39. The summed E-state index contributed by atoms with van der Waals surface area (Å²) in [5.41, 5.74) is 0. The molecule has 7 heteroatoms. The first-order valence-electron chi connectivity index (χ1n) is 7.67. The van der Waals surface area contributed by atoms with Gasteiger partial charge < -0.3 is 20.7 Å². The van der Waals surface area contributed by atoms with Gasteiger partial charge in [-0.15, -0.1) is 6.42 Å². The molecule has 0 aromatic carbocycles. The molecule has 0 bridgehead atoms. The number of carbonyl (C=O) groups is 2. The summed E-state index contributed by atoms with van der Waals surface area (Å²) in [4.78, 5) is 22.9. The quantitative estimate of drug-likeness (QED) is 0.327. The molecule has 3 atom stereocenters. The molecule has 3 amide bonds. The molecule has 2 saturated heterocycles. The molecule has 2 aliphatic rings. The summed E-state index contributed by atoms with van der Waals surface area (Å²) in [5, 5.41) is 9.19. The third-order valence-electron chi connectivity index (χ3n) is 3.83. The predicted molar refractivity (Wildman–Crippen MR) is 86.6 cm³/mol. The fourth-order valence-electron chi connectivity index (χ4n) is 2.76. The summed E-state index contributed by atoms with van der Waals surface area (Å²) in [7, 11) is 0. The second kappa shape index (κ2) is 8.91. The molecule has 0 aliphatic carbocycles. The Labute approximate surface area is 135 Å². The minimum absolute atomic E-state index is 0.0493. The van der Waals surface area contributed by atoms with Gasteiger partial charge in [-0.3, -0.25) is 4.79 Å². The van der Waals surface area contributed by atoms with Crippen LogP contribution in [0.5, 0.6) is 0 Å². The number of carbonyl (C=O) groups excluding carboxylic acids is 2. The largest absolute Gasteiger partial charge is 0.367 e. The van der Waals surface area contributed by atoms with Crippen LogP contribution in [-0.2, 0) is 9.53 Å². The van der Waals surface area contributed by atoms with Crippen LogP contribution in [0.4, 0.5) is 4.79 Å². The monoisotopic (exact) mass is 325 g/mol. The van der Waals surface area contributed by atoms with Crippen LogP contribution in [-0.4, -0.2) is 54.8 Å². The van der Waals surface area contributed by atoms with E-state index in [1.165, 1.54) is 0 Å². The lowest BCUT2D eigenvalue weighted by atomic mass is 10.0. The van der Waals surface area contributed by atoms with Crippen molar-refractivity contribution in [3.63, 3.8) is 0 Å². The zero-order valence-corrected chi connectivity index (χ0v) is 13.4. The van der Waals surface area contributed by atoms with Gasteiger partial charge in [-0.2, -0.15) is 11.8 Å². The molecule has 6 nitrogen and oxygen atoms in total. The van der Waals surface area contributed by atoms with E-state index in [4.69, 9.17) is 11.2 Å². The molecule has 0 saturated carbocycles. The molecule has 2 fully saturated rings. The number of hydrogen-bond acceptors (Lipinski definition) is 4. The van der Waals surface area contributed by atoms with Gasteiger partial charge in [-0.1, -0.05) is 12.3 Å². The molecular formula is C15H23N3O3S. The van der Waals surface area contributed by atoms with Gasteiger partial charge in [0.05, 0.1) is 18.7 Å². The Balaban J connectivity index is 1.50. The topological polar surface area (TPSA) is 79.5 Å². The van der Waals surface area contributed by atoms with Gasteiger partial charge in [0.25, 0.3) is 0 Å². The van der Waals surface area contributed by atoms with Gasteiger partial charge in [0.1, 0.15) is 6.61 Å². The zero-order valence-electron chi connectivity index (χ0n) is 12.6. The highest BCUT2D eigenvalue weighted by Crippen LogP contribution is 2.33. The number of rotatable bonds is 9. The fraction of sp³-hybridized carbons (Fsp3) is 0.733. The summed E-state index contributed by atoms with van der Waals surface area (Å²) in [6.45, 7) is 1.23. The van der Waals surface area contributed by atoms with Crippen molar-refractivity contribution in [1.29, 1.82) is 0 Å². The Morgan fingerprint density at radius 2 is 2.32 bits per heavy atom. The lowest BCUT2D eigenvalue weighted by molar-refractivity contribution is -0.121. The number of urea groups is 1. The molecule has 0 radical (unpaired) electrons. The van der Waals surface area contributed by atoms with Gasteiger partial charge in [0.2, 0.25) is 5.91 Å². The van der Waals surface area contributed by atoms with Crippen LogP contribution in [0.3, 0.4) is 0 Å². The number of unbranched alkanes of at least 4 members (excludes halogenated alkanes) is 1. The van der Waals surface area contributed by atoms with Gasteiger partial charge in [-0.25, -0.2) is 4.79 Å². The smallest absolute Gasteiger partial charge is 0.315 e. The second-order valence-corrected chi connectivity index (χ2v) is 6.75. The number of nitrogens with one attached hydrogen (secondary N) is 3. The van der Waals surface area contributed by atoms with Crippen molar-refractivity contribution < 1.29 is 14.3 Å². The number of hydrogen-bond donors (Lipinski definition) is 3. The van der Waals surface area contributed by atoms with Gasteiger partial charge >= 0.3 is 6.03 Å². The third-order valence-corrected chi connectivity index (χ3v) is 5.34. The van der Waals surface area contributed by atoms with Crippen molar-refractivity contribution in [2.24, 2.45) is 0 Å². The number of ether oxygens (including phenoxy) is 1. The first-order valence-corrected chi connectivity index (χ1v) is 8.72. The number of thioether (sulfide) groups is 1. The average Bonchev–Trinajstić information content (AvgIpc) is 3.03. The number of amides is 3. The molecule has 0 spiro atoms. The number of fused-ring (bicyclic) bond motifs is 1. The summed E-state index contributed by atoms with van der Waals surface area (Å²) in [6.07, 6.45) is 8.48. The molecule has 2 rings (SSSR count). The Kier molecular flexibility index (Phi) is 6.87. The standard InChI is InChI=1S/C15H23N3O3S/c1-2-8-21-9-7-16-13(19)6-4-3-5-12-14-11(10-22-12)17-15(20)18-14/h1,11-12,14H,3-10H2,(H,16,19)(H2,17,18,20)/t11-,12-,14-/m0/s1. The molecule has 0 unspecified atom stereocenters. The molecule has 0 aromatic rings. The highest BCUT2D eigenvalue weighted by atomic mass is 32.2. The Bertz CT molecular complexity index is 438. The van der Waals surface area contributed by atoms with E-state index in [2.05, 4.69) is 21.9 Å². The highest BCUT2D eigenvalue weighted by molar-refractivity contribution is 8.00. The predicted octanol–water partition coefficient (Wildman–Crippen LogP) is 0.478. The maximum atomic E-state index is 11.6. The SMILES string of the molecule is C#CCOCCNC(=O)CCCC[C@@H]1SC[C@@H]2NC(=O)N[C@@H]21. The van der Waals surface area contributed by atoms with Crippen LogP contribution in [0.25, 0.3) is 0 Å². The van der Waals surface area contributed by atoms with Crippen LogP contribution in [0.15, 0.2) is 0 Å². The lowest BCUT2D eigenvalue weighted by Gasteiger charge is -2.16. The van der Waals surface area contributed by atoms with Crippen LogP contribution >= 0.6 is 11.8 Å². The van der Waals surface area contributed by atoms with Crippen LogP contribution in [0, 0.1) is 12.3 Å². The van der Waals surface area contributed by atoms with Gasteiger partial charge in [0, 0.05) is 24.0 Å². The van der Waals surface area contributed by atoms with Crippen molar-refractivity contribution in [2.75, 3.05) is 25.5 Å². The van der Waals surface area contributed by atoms with E-state index in [0.29, 0.717) is 24.8 Å². The third kappa shape index (κ3) is 5.11. The molecule has 2 heterocycles.